The average Bonchev–Trinajstić information content (AvgIpc) is 3.17. The van der Waals surface area contributed by atoms with E-state index in [1.54, 1.807) is 24.3 Å². The number of hydrogen-bond acceptors (Lipinski definition) is 4. The maximum absolute atomic E-state index is 13.4. The molecule has 178 valence electrons. The van der Waals surface area contributed by atoms with Crippen LogP contribution in [0.25, 0.3) is 0 Å². The van der Waals surface area contributed by atoms with Gasteiger partial charge >= 0.3 is 5.97 Å². The lowest BCUT2D eigenvalue weighted by Gasteiger charge is -2.60. The molecule has 7 atom stereocenters. The number of carbonyl (C=O) groups excluding carboxylic acids is 3. The van der Waals surface area contributed by atoms with Gasteiger partial charge in [0.25, 0.3) is 0 Å². The van der Waals surface area contributed by atoms with Crippen LogP contribution in [0.3, 0.4) is 0 Å². The Morgan fingerprint density at radius 1 is 0.970 bits per heavy atom. The third-order valence-electron chi connectivity index (χ3n) is 9.98. The molecular weight excluding hydrogens is 416 g/mol. The lowest BCUT2D eigenvalue weighted by atomic mass is 9.47. The summed E-state index contributed by atoms with van der Waals surface area (Å²) < 4.78 is 4.75. The summed E-state index contributed by atoms with van der Waals surface area (Å²) in [4.78, 5) is 37.1. The number of nitrogens with one attached hydrogen (secondary N) is 2. The first-order valence-corrected chi connectivity index (χ1v) is 12.5. The number of hydrogen-bond donors (Lipinski definition) is 2. The van der Waals surface area contributed by atoms with Crippen LogP contribution in [0.2, 0.25) is 0 Å². The molecule has 0 spiro atoms. The molecule has 1 saturated heterocycles. The van der Waals surface area contributed by atoms with E-state index >= 15 is 0 Å². The molecule has 1 aromatic carbocycles. The molecule has 5 rings (SSSR count). The summed E-state index contributed by atoms with van der Waals surface area (Å²) >= 11 is 0. The van der Waals surface area contributed by atoms with E-state index in [-0.39, 0.29) is 34.5 Å². The number of benzene rings is 1. The molecule has 1 aromatic rings. The van der Waals surface area contributed by atoms with Crippen molar-refractivity contribution < 1.29 is 19.1 Å². The van der Waals surface area contributed by atoms with Gasteiger partial charge in [-0.15, -0.1) is 0 Å². The molecule has 1 heterocycles. The number of piperidine rings is 1. The fourth-order valence-corrected chi connectivity index (χ4v) is 8.17. The van der Waals surface area contributed by atoms with E-state index in [9.17, 15) is 14.4 Å². The van der Waals surface area contributed by atoms with E-state index in [2.05, 4.69) is 24.5 Å². The number of fused-ring (bicyclic) bond motifs is 5. The summed E-state index contributed by atoms with van der Waals surface area (Å²) in [6, 6.07) is 7.24. The van der Waals surface area contributed by atoms with E-state index in [4.69, 9.17) is 4.74 Å². The molecule has 33 heavy (non-hydrogen) atoms. The molecular formula is C27H36N2O4. The smallest absolute Gasteiger partial charge is 0.337 e. The van der Waals surface area contributed by atoms with Gasteiger partial charge in [-0.25, -0.2) is 4.79 Å². The molecule has 0 bridgehead atoms. The van der Waals surface area contributed by atoms with E-state index in [1.165, 1.54) is 7.11 Å². The molecule has 4 unspecified atom stereocenters. The van der Waals surface area contributed by atoms with Gasteiger partial charge in [-0.1, -0.05) is 13.8 Å². The van der Waals surface area contributed by atoms with Gasteiger partial charge in [-0.2, -0.15) is 0 Å². The third kappa shape index (κ3) is 3.57. The number of esters is 1. The Morgan fingerprint density at radius 3 is 2.42 bits per heavy atom. The van der Waals surface area contributed by atoms with Gasteiger partial charge in [-0.05, 0) is 97.8 Å². The van der Waals surface area contributed by atoms with Gasteiger partial charge in [0.15, 0.2) is 0 Å². The highest BCUT2D eigenvalue weighted by atomic mass is 16.5. The SMILES string of the molecule is COC(=O)c1ccc(NC(=O)[C@H]2CCC3C4CCC5NC(=O)CC[C@]5(C)C4CC[C@@]32C)cc1. The highest BCUT2D eigenvalue weighted by molar-refractivity contribution is 5.94. The van der Waals surface area contributed by atoms with Crippen molar-refractivity contribution in [1.29, 1.82) is 0 Å². The van der Waals surface area contributed by atoms with Crippen LogP contribution in [0.5, 0.6) is 0 Å². The van der Waals surface area contributed by atoms with Crippen molar-refractivity contribution in [3.63, 3.8) is 0 Å². The number of ether oxygens (including phenoxy) is 1. The first-order chi connectivity index (χ1) is 15.8. The predicted octanol–water partition coefficient (Wildman–Crippen LogP) is 4.55. The largest absolute Gasteiger partial charge is 0.465 e. The van der Waals surface area contributed by atoms with Gasteiger partial charge in [0, 0.05) is 24.1 Å². The lowest BCUT2D eigenvalue weighted by molar-refractivity contribution is -0.140. The van der Waals surface area contributed by atoms with Crippen molar-refractivity contribution in [2.45, 2.75) is 71.3 Å². The van der Waals surface area contributed by atoms with Crippen molar-refractivity contribution in [2.24, 2.45) is 34.5 Å². The molecule has 0 radical (unpaired) electrons. The Balaban J connectivity index is 1.30. The number of rotatable bonds is 3. The van der Waals surface area contributed by atoms with Gasteiger partial charge in [0.05, 0.1) is 12.7 Å². The minimum Gasteiger partial charge on any atom is -0.465 e. The maximum Gasteiger partial charge on any atom is 0.337 e. The number of amides is 2. The van der Waals surface area contributed by atoms with Gasteiger partial charge in [0.1, 0.15) is 0 Å². The fraction of sp³-hybridized carbons (Fsp3) is 0.667. The van der Waals surface area contributed by atoms with Crippen molar-refractivity contribution in [2.75, 3.05) is 12.4 Å². The van der Waals surface area contributed by atoms with Crippen LogP contribution in [0.15, 0.2) is 24.3 Å². The summed E-state index contributed by atoms with van der Waals surface area (Å²) in [5.41, 5.74) is 1.42. The monoisotopic (exact) mass is 452 g/mol. The first kappa shape index (κ1) is 22.4. The van der Waals surface area contributed by atoms with Gasteiger partial charge in [-0.3, -0.25) is 9.59 Å². The van der Waals surface area contributed by atoms with Crippen molar-refractivity contribution >= 4 is 23.5 Å². The molecule has 0 aromatic heterocycles. The zero-order chi connectivity index (χ0) is 23.4. The van der Waals surface area contributed by atoms with Crippen LogP contribution in [0.4, 0.5) is 5.69 Å². The number of anilines is 1. The molecule has 3 aliphatic carbocycles. The predicted molar refractivity (Wildman–Crippen MR) is 125 cm³/mol. The van der Waals surface area contributed by atoms with Crippen molar-refractivity contribution in [1.82, 2.24) is 5.32 Å². The Morgan fingerprint density at radius 2 is 1.70 bits per heavy atom. The number of methoxy groups -OCH3 is 1. The summed E-state index contributed by atoms with van der Waals surface area (Å²) in [6.07, 6.45) is 8.16. The summed E-state index contributed by atoms with van der Waals surface area (Å²) in [6.45, 7) is 4.76. The average molecular weight is 453 g/mol. The second-order valence-electron chi connectivity index (χ2n) is 11.3. The molecule has 3 saturated carbocycles. The van der Waals surface area contributed by atoms with Gasteiger partial charge in [0.2, 0.25) is 11.8 Å². The normalized spacial score (nSPS) is 39.5. The van der Waals surface area contributed by atoms with Crippen LogP contribution in [-0.2, 0) is 14.3 Å². The van der Waals surface area contributed by atoms with E-state index in [0.29, 0.717) is 35.8 Å². The zero-order valence-corrected chi connectivity index (χ0v) is 20.0. The molecule has 1 aliphatic heterocycles. The van der Waals surface area contributed by atoms with Crippen LogP contribution in [0.1, 0.15) is 75.6 Å². The van der Waals surface area contributed by atoms with Gasteiger partial charge < -0.3 is 15.4 Å². The summed E-state index contributed by atoms with van der Waals surface area (Å²) in [7, 11) is 1.36. The van der Waals surface area contributed by atoms with Crippen molar-refractivity contribution in [3.05, 3.63) is 29.8 Å². The van der Waals surface area contributed by atoms with E-state index < -0.39 is 0 Å². The third-order valence-corrected chi connectivity index (χ3v) is 9.98. The molecule has 2 amide bonds. The summed E-state index contributed by atoms with van der Waals surface area (Å²) in [5, 5.41) is 6.42. The Kier molecular flexibility index (Phi) is 5.53. The van der Waals surface area contributed by atoms with Crippen molar-refractivity contribution in [3.8, 4) is 0 Å². The Hall–Kier alpha value is -2.37. The number of carbonyl (C=O) groups is 3. The van der Waals surface area contributed by atoms with E-state index in [1.807, 2.05) is 0 Å². The second-order valence-corrected chi connectivity index (χ2v) is 11.3. The zero-order valence-electron chi connectivity index (χ0n) is 20.0. The minimum atomic E-state index is -0.378. The van der Waals surface area contributed by atoms with Crippen LogP contribution >= 0.6 is 0 Å². The second kappa shape index (κ2) is 8.14. The topological polar surface area (TPSA) is 84.5 Å². The lowest BCUT2D eigenvalue weighted by Crippen LogP contribution is -2.61. The highest BCUT2D eigenvalue weighted by Crippen LogP contribution is 2.65. The maximum atomic E-state index is 13.4. The first-order valence-electron chi connectivity index (χ1n) is 12.5. The summed E-state index contributed by atoms with van der Waals surface area (Å²) in [5.74, 6) is 1.82. The van der Waals surface area contributed by atoms with Crippen LogP contribution in [-0.4, -0.2) is 30.9 Å². The highest BCUT2D eigenvalue weighted by Gasteiger charge is 2.61. The minimum absolute atomic E-state index is 0.0142. The molecule has 6 heteroatoms. The van der Waals surface area contributed by atoms with Crippen LogP contribution < -0.4 is 10.6 Å². The van der Waals surface area contributed by atoms with Crippen LogP contribution in [0, 0.1) is 34.5 Å². The Labute approximate surface area is 196 Å². The quantitative estimate of drug-likeness (QED) is 0.659. The molecule has 4 fully saturated rings. The molecule has 4 aliphatic rings. The standard InChI is InChI=1S/C27H36N2O4/c1-26-14-12-20-18(8-11-22-27(20,2)15-13-23(30)29-22)19(26)9-10-21(26)24(31)28-17-6-4-16(5-7-17)25(32)33-3/h4-7,18-22H,8-15H2,1-3H3,(H,28,31)(H,29,30)/t18?,19?,20?,21-,22?,26+,27-/m1/s1. The molecule has 6 nitrogen and oxygen atoms in total. The molecule has 2 N–H and O–H groups in total. The fourth-order valence-electron chi connectivity index (χ4n) is 8.17. The Bertz CT molecular complexity index is 959. The van der Waals surface area contributed by atoms with E-state index in [0.717, 1.165) is 50.6 Å².